The average Bonchev–Trinajstić information content (AvgIpc) is 2.26. The third-order valence-electron chi connectivity index (χ3n) is 1.99. The van der Waals surface area contributed by atoms with Crippen LogP contribution in [-0.4, -0.2) is 17.3 Å². The van der Waals surface area contributed by atoms with Crippen LogP contribution in [0.25, 0.3) is 0 Å². The van der Waals surface area contributed by atoms with Crippen LogP contribution in [0.1, 0.15) is 23.2 Å². The van der Waals surface area contributed by atoms with Crippen molar-refractivity contribution in [1.82, 2.24) is 0 Å². The maximum atomic E-state index is 11.5. The number of hydrogen-bond donors (Lipinski definition) is 1. The van der Waals surface area contributed by atoms with Gasteiger partial charge in [-0.15, -0.1) is 0 Å². The quantitative estimate of drug-likeness (QED) is 0.451. The summed E-state index contributed by atoms with van der Waals surface area (Å²) in [5.74, 6) is -0.107. The Labute approximate surface area is 87.0 Å². The predicted octanol–water partition coefficient (Wildman–Crippen LogP) is 1.52. The molecule has 1 aromatic rings. The molecule has 0 amide bonds. The summed E-state index contributed by atoms with van der Waals surface area (Å²) in [4.78, 5) is 21.5. The topological polar surface area (TPSA) is 86.2 Å². The number of non-ortho nitro benzene ring substituents is 1. The second-order valence-corrected chi connectivity index (χ2v) is 3.12. The summed E-state index contributed by atoms with van der Waals surface area (Å²) in [5, 5.41) is 10.5. The first-order chi connectivity index (χ1) is 7.15. The zero-order valence-electron chi connectivity index (χ0n) is 8.18. The predicted molar refractivity (Wildman–Crippen MR) is 55.7 cm³/mol. The lowest BCUT2D eigenvalue weighted by Gasteiger charge is -1.99. The lowest BCUT2D eigenvalue weighted by molar-refractivity contribution is -0.384. The van der Waals surface area contributed by atoms with E-state index >= 15 is 0 Å². The fourth-order valence-corrected chi connectivity index (χ4v) is 1.20. The van der Waals surface area contributed by atoms with Gasteiger partial charge in [-0.3, -0.25) is 14.9 Å². The molecule has 0 radical (unpaired) electrons. The summed E-state index contributed by atoms with van der Waals surface area (Å²) < 4.78 is 0. The number of rotatable bonds is 5. The molecule has 0 atom stereocenters. The minimum Gasteiger partial charge on any atom is -0.330 e. The highest BCUT2D eigenvalue weighted by atomic mass is 16.6. The zero-order valence-corrected chi connectivity index (χ0v) is 8.18. The van der Waals surface area contributed by atoms with Gasteiger partial charge in [-0.1, -0.05) is 12.1 Å². The molecule has 1 aromatic carbocycles. The molecule has 0 aliphatic heterocycles. The molecule has 0 aliphatic rings. The molecular formula is C10H12N2O3. The van der Waals surface area contributed by atoms with Gasteiger partial charge >= 0.3 is 0 Å². The van der Waals surface area contributed by atoms with E-state index in [-0.39, 0.29) is 11.5 Å². The van der Waals surface area contributed by atoms with Gasteiger partial charge in [0.1, 0.15) is 0 Å². The highest BCUT2D eigenvalue weighted by Gasteiger charge is 2.10. The number of nitro benzene ring substituents is 1. The van der Waals surface area contributed by atoms with E-state index in [4.69, 9.17) is 5.73 Å². The monoisotopic (exact) mass is 208 g/mol. The molecule has 5 nitrogen and oxygen atoms in total. The Balaban J connectivity index is 2.81. The van der Waals surface area contributed by atoms with Crippen molar-refractivity contribution in [2.45, 2.75) is 12.8 Å². The maximum absolute atomic E-state index is 11.5. The Kier molecular flexibility index (Phi) is 3.93. The molecule has 1 rings (SSSR count). The van der Waals surface area contributed by atoms with Crippen LogP contribution >= 0.6 is 0 Å². The molecule has 0 aliphatic carbocycles. The second kappa shape index (κ2) is 5.21. The van der Waals surface area contributed by atoms with Gasteiger partial charge in [0, 0.05) is 24.1 Å². The summed E-state index contributed by atoms with van der Waals surface area (Å²) in [7, 11) is 0. The fourth-order valence-electron chi connectivity index (χ4n) is 1.20. The highest BCUT2D eigenvalue weighted by Crippen LogP contribution is 2.14. The van der Waals surface area contributed by atoms with E-state index in [1.165, 1.54) is 18.2 Å². The number of nitrogens with two attached hydrogens (primary N) is 1. The van der Waals surface area contributed by atoms with E-state index < -0.39 is 4.92 Å². The summed E-state index contributed by atoms with van der Waals surface area (Å²) in [6, 6.07) is 5.73. The number of ketones is 1. The molecule has 5 heteroatoms. The molecular weight excluding hydrogens is 196 g/mol. The lowest BCUT2D eigenvalue weighted by atomic mass is 10.1. The van der Waals surface area contributed by atoms with Gasteiger partial charge in [-0.25, -0.2) is 0 Å². The molecule has 15 heavy (non-hydrogen) atoms. The molecule has 0 heterocycles. The first-order valence-electron chi connectivity index (χ1n) is 4.63. The molecule has 0 saturated heterocycles. The first kappa shape index (κ1) is 11.3. The molecule has 0 aromatic heterocycles. The Morgan fingerprint density at radius 1 is 1.47 bits per heavy atom. The van der Waals surface area contributed by atoms with E-state index in [2.05, 4.69) is 0 Å². The third-order valence-corrected chi connectivity index (χ3v) is 1.99. The van der Waals surface area contributed by atoms with Gasteiger partial charge in [0.25, 0.3) is 5.69 Å². The number of benzene rings is 1. The van der Waals surface area contributed by atoms with Gasteiger partial charge in [0.15, 0.2) is 5.78 Å². The van der Waals surface area contributed by atoms with Crippen molar-refractivity contribution in [2.75, 3.05) is 6.54 Å². The van der Waals surface area contributed by atoms with Gasteiger partial charge < -0.3 is 5.73 Å². The van der Waals surface area contributed by atoms with Crippen LogP contribution in [0.4, 0.5) is 5.69 Å². The van der Waals surface area contributed by atoms with E-state index in [9.17, 15) is 14.9 Å². The number of Topliss-reactive ketones (excluding diaryl/α,β-unsaturated/α-hetero) is 1. The van der Waals surface area contributed by atoms with Gasteiger partial charge in [0.2, 0.25) is 0 Å². The smallest absolute Gasteiger partial charge is 0.270 e. The van der Waals surface area contributed by atoms with Crippen molar-refractivity contribution in [3.63, 3.8) is 0 Å². The molecule has 0 unspecified atom stereocenters. The molecule has 2 N–H and O–H groups in total. The van der Waals surface area contributed by atoms with Gasteiger partial charge in [-0.2, -0.15) is 0 Å². The Morgan fingerprint density at radius 2 is 2.20 bits per heavy atom. The largest absolute Gasteiger partial charge is 0.330 e. The third kappa shape index (κ3) is 3.14. The standard InChI is InChI=1S/C10H12N2O3/c11-6-2-5-10(13)8-3-1-4-9(7-8)12(14)15/h1,3-4,7H,2,5-6,11H2. The summed E-state index contributed by atoms with van der Waals surface area (Å²) >= 11 is 0. The fraction of sp³-hybridized carbons (Fsp3) is 0.300. The minimum atomic E-state index is -0.514. The summed E-state index contributed by atoms with van der Waals surface area (Å²) in [5.41, 5.74) is 5.58. The van der Waals surface area contributed by atoms with E-state index in [0.29, 0.717) is 24.9 Å². The average molecular weight is 208 g/mol. The van der Waals surface area contributed by atoms with Crippen LogP contribution in [-0.2, 0) is 0 Å². The number of nitrogens with zero attached hydrogens (tertiary/aromatic N) is 1. The van der Waals surface area contributed by atoms with Crippen LogP contribution in [0, 0.1) is 10.1 Å². The number of hydrogen-bond acceptors (Lipinski definition) is 4. The first-order valence-corrected chi connectivity index (χ1v) is 4.63. The van der Waals surface area contributed by atoms with Crippen LogP contribution < -0.4 is 5.73 Å². The van der Waals surface area contributed by atoms with Crippen LogP contribution in [0.15, 0.2) is 24.3 Å². The van der Waals surface area contributed by atoms with Gasteiger partial charge in [0.05, 0.1) is 4.92 Å². The number of carbonyl (C=O) groups excluding carboxylic acids is 1. The SMILES string of the molecule is NCCCC(=O)c1cccc([N+](=O)[O-])c1. The lowest BCUT2D eigenvalue weighted by Crippen LogP contribution is -2.05. The number of carbonyl (C=O) groups is 1. The molecule has 0 fully saturated rings. The van der Waals surface area contributed by atoms with Crippen molar-refractivity contribution in [2.24, 2.45) is 5.73 Å². The molecule has 0 spiro atoms. The molecule has 0 bridgehead atoms. The van der Waals surface area contributed by atoms with Crippen molar-refractivity contribution in [3.05, 3.63) is 39.9 Å². The van der Waals surface area contributed by atoms with Crippen molar-refractivity contribution < 1.29 is 9.72 Å². The molecule has 80 valence electrons. The van der Waals surface area contributed by atoms with E-state index in [0.717, 1.165) is 0 Å². The second-order valence-electron chi connectivity index (χ2n) is 3.12. The van der Waals surface area contributed by atoms with Gasteiger partial charge in [-0.05, 0) is 13.0 Å². The minimum absolute atomic E-state index is 0.0615. The van der Waals surface area contributed by atoms with Crippen LogP contribution in [0.2, 0.25) is 0 Å². The van der Waals surface area contributed by atoms with E-state index in [1.807, 2.05) is 0 Å². The van der Waals surface area contributed by atoms with Crippen LogP contribution in [0.3, 0.4) is 0 Å². The maximum Gasteiger partial charge on any atom is 0.270 e. The Bertz CT molecular complexity index is 377. The summed E-state index contributed by atoms with van der Waals surface area (Å²) in [6.45, 7) is 0.445. The Hall–Kier alpha value is -1.75. The Morgan fingerprint density at radius 3 is 2.80 bits per heavy atom. The van der Waals surface area contributed by atoms with Crippen LogP contribution in [0.5, 0.6) is 0 Å². The van der Waals surface area contributed by atoms with Crippen molar-refractivity contribution in [3.8, 4) is 0 Å². The zero-order chi connectivity index (χ0) is 11.3. The summed E-state index contributed by atoms with van der Waals surface area (Å²) in [6.07, 6.45) is 0.930. The van der Waals surface area contributed by atoms with Crippen molar-refractivity contribution >= 4 is 11.5 Å². The normalized spacial score (nSPS) is 9.93. The molecule has 0 saturated carbocycles. The number of nitro groups is 1. The van der Waals surface area contributed by atoms with Crippen molar-refractivity contribution in [1.29, 1.82) is 0 Å². The highest BCUT2D eigenvalue weighted by molar-refractivity contribution is 5.96. The van der Waals surface area contributed by atoms with E-state index in [1.54, 1.807) is 6.07 Å².